The van der Waals surface area contributed by atoms with Gasteiger partial charge in [-0.2, -0.15) is 13.2 Å². The number of alkyl halides is 3. The number of esters is 2. The van der Waals surface area contributed by atoms with Crippen molar-refractivity contribution in [1.29, 1.82) is 0 Å². The Morgan fingerprint density at radius 3 is 2.13 bits per heavy atom. The Kier molecular flexibility index (Phi) is 11.0. The fourth-order valence-corrected chi connectivity index (χ4v) is 3.46. The number of hydrogen-bond acceptors (Lipinski definition) is 6. The number of aryl methyl sites for hydroxylation is 1. The lowest BCUT2D eigenvalue weighted by atomic mass is 10.1. The fraction of sp³-hybridized carbons (Fsp3) is 0.267. The first-order valence-corrected chi connectivity index (χ1v) is 12.5. The summed E-state index contributed by atoms with van der Waals surface area (Å²) in [6.45, 7) is 0.255. The average Bonchev–Trinajstić information content (AvgIpc) is 2.91. The first-order valence-electron chi connectivity index (χ1n) is 12.5. The third-order valence-corrected chi connectivity index (χ3v) is 5.55. The van der Waals surface area contributed by atoms with Crippen LogP contribution in [0.5, 0.6) is 11.5 Å². The number of unbranched alkanes of at least 4 members (excludes halogenated alkanes) is 1. The van der Waals surface area contributed by atoms with Crippen molar-refractivity contribution in [3.63, 3.8) is 0 Å². The summed E-state index contributed by atoms with van der Waals surface area (Å²) in [5, 5.41) is 0. The number of ether oxygens (including phenoxy) is 3. The number of carbonyl (C=O) groups excluding carboxylic acids is 2. The first kappa shape index (κ1) is 29.3. The van der Waals surface area contributed by atoms with Gasteiger partial charge >= 0.3 is 18.1 Å². The van der Waals surface area contributed by atoms with E-state index < -0.39 is 24.5 Å². The molecule has 39 heavy (non-hydrogen) atoms. The zero-order valence-corrected chi connectivity index (χ0v) is 21.3. The lowest BCUT2D eigenvalue weighted by Gasteiger charge is -2.09. The predicted octanol–water partition coefficient (Wildman–Crippen LogP) is 6.79. The molecule has 3 aromatic rings. The Bertz CT molecular complexity index is 1220. The normalized spacial score (nSPS) is 11.4. The molecule has 0 unspecified atom stereocenters. The highest BCUT2D eigenvalue weighted by Crippen LogP contribution is 2.22. The molecule has 0 radical (unpaired) electrons. The molecule has 0 spiro atoms. The number of rotatable bonds is 13. The second-order valence-electron chi connectivity index (χ2n) is 8.75. The molecule has 0 saturated heterocycles. The van der Waals surface area contributed by atoms with Crippen molar-refractivity contribution in [3.8, 4) is 11.5 Å². The van der Waals surface area contributed by atoms with Gasteiger partial charge in [0.15, 0.2) is 0 Å². The van der Waals surface area contributed by atoms with Gasteiger partial charge in [-0.15, -0.1) is 0 Å². The van der Waals surface area contributed by atoms with Crippen LogP contribution in [0.15, 0.2) is 78.9 Å². The van der Waals surface area contributed by atoms with Gasteiger partial charge < -0.3 is 19.9 Å². The van der Waals surface area contributed by atoms with Crippen LogP contribution in [0, 0.1) is 0 Å². The van der Waals surface area contributed by atoms with Crippen molar-refractivity contribution < 1.29 is 37.0 Å². The summed E-state index contributed by atoms with van der Waals surface area (Å²) in [6, 6.07) is 20.2. The van der Waals surface area contributed by atoms with E-state index in [0.29, 0.717) is 18.1 Å². The van der Waals surface area contributed by atoms with Crippen LogP contribution in [0.1, 0.15) is 47.2 Å². The summed E-state index contributed by atoms with van der Waals surface area (Å²) in [4.78, 5) is 24.3. The number of anilines is 1. The predicted molar refractivity (Wildman–Crippen MR) is 142 cm³/mol. The zero-order chi connectivity index (χ0) is 28.1. The zero-order valence-electron chi connectivity index (χ0n) is 21.3. The molecular formula is C30H30F3NO5. The Labute approximate surface area is 225 Å². The lowest BCUT2D eigenvalue weighted by Crippen LogP contribution is -2.10. The number of halogens is 3. The Morgan fingerprint density at radius 2 is 1.46 bits per heavy atom. The smallest absolute Gasteiger partial charge is 0.389 e. The molecule has 0 bridgehead atoms. The summed E-state index contributed by atoms with van der Waals surface area (Å²) < 4.78 is 52.4. The molecule has 206 valence electrons. The quantitative estimate of drug-likeness (QED) is 0.0843. The van der Waals surface area contributed by atoms with E-state index in [2.05, 4.69) is 0 Å². The molecule has 9 heteroatoms. The number of carbonyl (C=O) groups is 2. The van der Waals surface area contributed by atoms with E-state index >= 15 is 0 Å². The van der Waals surface area contributed by atoms with E-state index in [0.717, 1.165) is 30.5 Å². The van der Waals surface area contributed by atoms with Gasteiger partial charge in [-0.25, -0.2) is 9.59 Å². The molecule has 0 saturated carbocycles. The van der Waals surface area contributed by atoms with Crippen molar-refractivity contribution in [2.45, 2.75) is 38.3 Å². The van der Waals surface area contributed by atoms with Crippen molar-refractivity contribution in [2.24, 2.45) is 0 Å². The summed E-state index contributed by atoms with van der Waals surface area (Å²) in [7, 11) is 0. The molecule has 0 aliphatic heterocycles. The molecule has 0 heterocycles. The highest BCUT2D eigenvalue weighted by Gasteiger charge is 2.26. The van der Waals surface area contributed by atoms with E-state index in [1.165, 1.54) is 35.9 Å². The average molecular weight is 542 g/mol. The summed E-state index contributed by atoms with van der Waals surface area (Å²) in [5.41, 5.74) is 8.58. The highest BCUT2D eigenvalue weighted by atomic mass is 19.4. The van der Waals surface area contributed by atoms with Crippen molar-refractivity contribution in [2.75, 3.05) is 18.9 Å². The number of benzene rings is 3. The maximum absolute atomic E-state index is 12.4. The van der Waals surface area contributed by atoms with E-state index in [-0.39, 0.29) is 18.6 Å². The number of nitrogens with two attached hydrogens (primary N) is 1. The van der Waals surface area contributed by atoms with Crippen molar-refractivity contribution >= 4 is 23.7 Å². The van der Waals surface area contributed by atoms with Gasteiger partial charge in [-0.3, -0.25) is 0 Å². The van der Waals surface area contributed by atoms with Crippen LogP contribution in [0.25, 0.3) is 6.08 Å². The molecule has 0 aliphatic rings. The molecule has 0 fully saturated rings. The molecule has 0 atom stereocenters. The summed E-state index contributed by atoms with van der Waals surface area (Å²) >= 11 is 0. The SMILES string of the molecule is Nc1ccc(CCCCOC(=O)/C=C/c2ccc(OC(=O)c3ccc(OCCCC(F)(F)F)cc3)cc2)cc1. The van der Waals surface area contributed by atoms with E-state index in [1.807, 2.05) is 24.3 Å². The molecule has 3 aromatic carbocycles. The maximum Gasteiger partial charge on any atom is 0.389 e. The highest BCUT2D eigenvalue weighted by molar-refractivity contribution is 5.91. The molecule has 0 amide bonds. The van der Waals surface area contributed by atoms with Gasteiger partial charge in [0.05, 0.1) is 18.8 Å². The van der Waals surface area contributed by atoms with Crippen molar-refractivity contribution in [1.82, 2.24) is 0 Å². The van der Waals surface area contributed by atoms with Crippen LogP contribution in [0.4, 0.5) is 18.9 Å². The fourth-order valence-electron chi connectivity index (χ4n) is 3.46. The van der Waals surface area contributed by atoms with Gasteiger partial charge in [0.25, 0.3) is 0 Å². The third-order valence-electron chi connectivity index (χ3n) is 5.55. The van der Waals surface area contributed by atoms with Gasteiger partial charge in [0, 0.05) is 18.2 Å². The van der Waals surface area contributed by atoms with Crippen LogP contribution < -0.4 is 15.2 Å². The van der Waals surface area contributed by atoms with Gasteiger partial charge in [0.1, 0.15) is 11.5 Å². The van der Waals surface area contributed by atoms with Crippen LogP contribution in [0.3, 0.4) is 0 Å². The topological polar surface area (TPSA) is 87.9 Å². The molecule has 0 aliphatic carbocycles. The molecular weight excluding hydrogens is 511 g/mol. The van der Waals surface area contributed by atoms with E-state index in [4.69, 9.17) is 19.9 Å². The molecule has 0 aromatic heterocycles. The maximum atomic E-state index is 12.4. The second kappa shape index (κ2) is 14.6. The van der Waals surface area contributed by atoms with Crippen LogP contribution >= 0.6 is 0 Å². The monoisotopic (exact) mass is 541 g/mol. The molecule has 3 rings (SSSR count). The van der Waals surface area contributed by atoms with Crippen LogP contribution in [0.2, 0.25) is 0 Å². The van der Waals surface area contributed by atoms with Gasteiger partial charge in [0.2, 0.25) is 0 Å². The summed E-state index contributed by atoms with van der Waals surface area (Å²) in [5.74, 6) is -0.359. The lowest BCUT2D eigenvalue weighted by molar-refractivity contribution is -0.138. The van der Waals surface area contributed by atoms with Gasteiger partial charge in [-0.1, -0.05) is 24.3 Å². The minimum absolute atomic E-state index is 0.0763. The standard InChI is InChI=1S/C30H30F3NO5/c31-30(32,33)19-3-21-37-26-16-10-24(11-17-26)29(36)39-27-14-7-23(8-15-27)9-18-28(35)38-20-2-1-4-22-5-12-25(34)13-6-22/h5-18H,1-4,19-21,34H2/b18-9+. The van der Waals surface area contributed by atoms with Crippen LogP contribution in [-0.4, -0.2) is 31.3 Å². The number of hydrogen-bond donors (Lipinski definition) is 1. The molecule has 6 nitrogen and oxygen atoms in total. The summed E-state index contributed by atoms with van der Waals surface area (Å²) in [6.07, 6.45) is 0.208. The Balaban J connectivity index is 1.35. The third kappa shape index (κ3) is 11.3. The second-order valence-corrected chi connectivity index (χ2v) is 8.75. The Hall–Kier alpha value is -4.27. The van der Waals surface area contributed by atoms with Gasteiger partial charge in [-0.05, 0) is 91.4 Å². The first-order chi connectivity index (χ1) is 18.7. The largest absolute Gasteiger partial charge is 0.494 e. The Morgan fingerprint density at radius 1 is 0.795 bits per heavy atom. The van der Waals surface area contributed by atoms with Crippen LogP contribution in [-0.2, 0) is 16.0 Å². The minimum Gasteiger partial charge on any atom is -0.494 e. The van der Waals surface area contributed by atoms with Crippen molar-refractivity contribution in [3.05, 3.63) is 95.6 Å². The minimum atomic E-state index is -4.21. The van der Waals surface area contributed by atoms with E-state index in [1.54, 1.807) is 30.3 Å². The van der Waals surface area contributed by atoms with E-state index in [9.17, 15) is 22.8 Å². The number of nitrogen functional groups attached to an aromatic ring is 1. The molecule has 2 N–H and O–H groups in total.